The summed E-state index contributed by atoms with van der Waals surface area (Å²) in [6.45, 7) is 8.44. The van der Waals surface area contributed by atoms with Gasteiger partial charge < -0.3 is 14.4 Å². The molecule has 1 aliphatic rings. The third-order valence-corrected chi connectivity index (χ3v) is 9.19. The first kappa shape index (κ1) is 29.8. The largest absolute Gasteiger partial charge is 0.338 e. The van der Waals surface area contributed by atoms with Crippen LogP contribution in [0, 0.1) is 6.92 Å². The summed E-state index contributed by atoms with van der Waals surface area (Å²) < 4.78 is 2.18. The number of aromatic nitrogens is 4. The lowest BCUT2D eigenvalue weighted by Crippen LogP contribution is -2.55. The van der Waals surface area contributed by atoms with Gasteiger partial charge in [-0.25, -0.2) is 4.98 Å². The zero-order chi connectivity index (χ0) is 30.6. The summed E-state index contributed by atoms with van der Waals surface area (Å²) in [5, 5.41) is 10.5. The van der Waals surface area contributed by atoms with Gasteiger partial charge in [0.2, 0.25) is 11.1 Å². The van der Waals surface area contributed by atoms with Crippen molar-refractivity contribution in [2.24, 2.45) is 0 Å². The van der Waals surface area contributed by atoms with Gasteiger partial charge in [0.1, 0.15) is 5.52 Å². The molecule has 3 aromatic carbocycles. The number of fused-ring (bicyclic) bond motifs is 3. The molecule has 0 spiro atoms. The van der Waals surface area contributed by atoms with Crippen LogP contribution in [0.5, 0.6) is 0 Å². The first-order chi connectivity index (χ1) is 21.4. The van der Waals surface area contributed by atoms with Crippen molar-refractivity contribution in [2.75, 3.05) is 25.4 Å². The minimum atomic E-state index is -0.0728. The van der Waals surface area contributed by atoms with Gasteiger partial charge in [0.15, 0.2) is 5.65 Å². The number of rotatable bonds is 9. The van der Waals surface area contributed by atoms with E-state index in [2.05, 4.69) is 71.1 Å². The van der Waals surface area contributed by atoms with E-state index in [0.717, 1.165) is 46.9 Å². The Bertz CT molecular complexity index is 1790. The normalized spacial score (nSPS) is 15.3. The van der Waals surface area contributed by atoms with E-state index < -0.39 is 0 Å². The number of hydrogen-bond donors (Lipinski definition) is 0. The number of unbranched alkanes of at least 4 members (excludes halogenated alkanes) is 1. The Morgan fingerprint density at radius 2 is 1.75 bits per heavy atom. The van der Waals surface area contributed by atoms with Crippen LogP contribution in [0.4, 0.5) is 0 Å². The Labute approximate surface area is 262 Å². The van der Waals surface area contributed by atoms with Crippen LogP contribution in [0.1, 0.15) is 53.7 Å². The highest BCUT2D eigenvalue weighted by Crippen LogP contribution is 2.29. The Morgan fingerprint density at radius 3 is 2.50 bits per heavy atom. The van der Waals surface area contributed by atoms with E-state index in [-0.39, 0.29) is 23.6 Å². The van der Waals surface area contributed by atoms with E-state index in [1.807, 2.05) is 47.1 Å². The molecule has 1 fully saturated rings. The lowest BCUT2D eigenvalue weighted by molar-refractivity contribution is -0.130. The van der Waals surface area contributed by atoms with Crippen molar-refractivity contribution < 1.29 is 9.59 Å². The van der Waals surface area contributed by atoms with E-state index >= 15 is 0 Å². The molecule has 2 amide bonds. The van der Waals surface area contributed by atoms with Crippen molar-refractivity contribution in [1.82, 2.24) is 29.5 Å². The van der Waals surface area contributed by atoms with E-state index in [4.69, 9.17) is 4.98 Å². The third-order valence-electron chi connectivity index (χ3n) is 8.37. The monoisotopic (exact) mass is 606 g/mol. The summed E-state index contributed by atoms with van der Waals surface area (Å²) in [7, 11) is 0. The van der Waals surface area contributed by atoms with Gasteiger partial charge in [-0.15, -0.1) is 10.2 Å². The predicted octanol–water partition coefficient (Wildman–Crippen LogP) is 6.14. The van der Waals surface area contributed by atoms with Gasteiger partial charge in [0.05, 0.1) is 11.3 Å². The molecule has 1 aliphatic heterocycles. The zero-order valence-corrected chi connectivity index (χ0v) is 26.4. The maximum Gasteiger partial charge on any atom is 0.254 e. The van der Waals surface area contributed by atoms with Crippen LogP contribution in [-0.2, 0) is 17.8 Å². The maximum absolute atomic E-state index is 13.3. The molecule has 0 saturated carbocycles. The molecule has 6 rings (SSSR count). The van der Waals surface area contributed by atoms with Crippen LogP contribution >= 0.6 is 11.8 Å². The van der Waals surface area contributed by atoms with Gasteiger partial charge in [-0.1, -0.05) is 79.2 Å². The van der Waals surface area contributed by atoms with Crippen LogP contribution in [0.3, 0.4) is 0 Å². The standard InChI is InChI=1S/C35H38N6O2S/c1-4-5-9-26-13-15-28(16-14-26)34(43)40-19-18-39(21-25(40)3)31(42)23-44-35-36-33-32(37-38-35)29-20-24(2)12-17-30(29)41(33)22-27-10-7-6-8-11-27/h6-8,10-17,20,25H,4-5,9,18-19,21-23H2,1-3H3. The molecule has 2 aromatic heterocycles. The van der Waals surface area contributed by atoms with Gasteiger partial charge in [-0.05, 0) is 62.1 Å². The smallest absolute Gasteiger partial charge is 0.254 e. The minimum Gasteiger partial charge on any atom is -0.338 e. The van der Waals surface area contributed by atoms with Crippen molar-refractivity contribution in [3.05, 3.63) is 95.1 Å². The number of hydrogen-bond acceptors (Lipinski definition) is 6. The Hall–Kier alpha value is -4.24. The number of piperazine rings is 1. The van der Waals surface area contributed by atoms with Crippen LogP contribution < -0.4 is 0 Å². The van der Waals surface area contributed by atoms with Gasteiger partial charge in [-0.2, -0.15) is 0 Å². The van der Waals surface area contributed by atoms with Crippen LogP contribution in [0.25, 0.3) is 22.1 Å². The van der Waals surface area contributed by atoms with Gasteiger partial charge in [0.25, 0.3) is 5.91 Å². The van der Waals surface area contributed by atoms with Crippen molar-refractivity contribution in [3.8, 4) is 0 Å². The lowest BCUT2D eigenvalue weighted by atomic mass is 10.0. The second-order valence-corrected chi connectivity index (χ2v) is 12.6. The Morgan fingerprint density at radius 1 is 0.955 bits per heavy atom. The van der Waals surface area contributed by atoms with Crippen LogP contribution in [0.2, 0.25) is 0 Å². The SMILES string of the molecule is CCCCc1ccc(C(=O)N2CCN(C(=O)CSc3nnc4c5cc(C)ccc5n(Cc5ccccc5)c4n3)CC2C)cc1. The van der Waals surface area contributed by atoms with Gasteiger partial charge in [-0.3, -0.25) is 9.59 Å². The Kier molecular flexibility index (Phi) is 8.93. The molecule has 0 bridgehead atoms. The average Bonchev–Trinajstić information content (AvgIpc) is 3.34. The third kappa shape index (κ3) is 6.33. The molecule has 0 aliphatic carbocycles. The molecule has 8 nitrogen and oxygen atoms in total. The number of amides is 2. The molecular weight excluding hydrogens is 568 g/mol. The Balaban J connectivity index is 1.12. The lowest BCUT2D eigenvalue weighted by Gasteiger charge is -2.40. The molecule has 5 aromatic rings. The molecule has 3 heterocycles. The molecule has 1 atom stereocenters. The highest BCUT2D eigenvalue weighted by Gasteiger charge is 2.30. The second-order valence-electron chi connectivity index (χ2n) is 11.6. The fourth-order valence-electron chi connectivity index (χ4n) is 5.91. The molecule has 9 heteroatoms. The number of benzene rings is 3. The number of aryl methyl sites for hydroxylation is 2. The summed E-state index contributed by atoms with van der Waals surface area (Å²) in [6, 6.07) is 24.5. The summed E-state index contributed by atoms with van der Waals surface area (Å²) in [4.78, 5) is 35.1. The van der Waals surface area contributed by atoms with Crippen LogP contribution in [-0.4, -0.2) is 72.8 Å². The summed E-state index contributed by atoms with van der Waals surface area (Å²) in [6.07, 6.45) is 3.33. The molecular formula is C35H38N6O2S. The molecule has 1 unspecified atom stereocenters. The number of nitrogens with zero attached hydrogens (tertiary/aromatic N) is 6. The van der Waals surface area contributed by atoms with Gasteiger partial charge in [0, 0.05) is 43.2 Å². The molecule has 0 N–H and O–H groups in total. The predicted molar refractivity (Wildman–Crippen MR) is 176 cm³/mol. The second kappa shape index (κ2) is 13.2. The maximum atomic E-state index is 13.3. The van der Waals surface area contributed by atoms with E-state index in [0.29, 0.717) is 36.9 Å². The highest BCUT2D eigenvalue weighted by atomic mass is 32.2. The first-order valence-electron chi connectivity index (χ1n) is 15.4. The van der Waals surface area contributed by atoms with Crippen LogP contribution in [0.15, 0.2) is 78.0 Å². The molecule has 44 heavy (non-hydrogen) atoms. The topological polar surface area (TPSA) is 84.2 Å². The van der Waals surface area contributed by atoms with Gasteiger partial charge >= 0.3 is 0 Å². The average molecular weight is 607 g/mol. The van der Waals surface area contributed by atoms with E-state index in [1.54, 1.807) is 0 Å². The minimum absolute atomic E-state index is 0.0124. The number of carbonyl (C=O) groups excluding carboxylic acids is 2. The van der Waals surface area contributed by atoms with Crippen molar-refractivity contribution in [2.45, 2.75) is 57.8 Å². The molecule has 1 saturated heterocycles. The highest BCUT2D eigenvalue weighted by molar-refractivity contribution is 7.99. The first-order valence-corrected chi connectivity index (χ1v) is 16.4. The summed E-state index contributed by atoms with van der Waals surface area (Å²) in [5.74, 6) is 0.249. The van der Waals surface area contributed by atoms with Crippen molar-refractivity contribution >= 4 is 45.6 Å². The van der Waals surface area contributed by atoms with E-state index in [1.165, 1.54) is 22.9 Å². The van der Waals surface area contributed by atoms with Crippen molar-refractivity contribution in [1.29, 1.82) is 0 Å². The molecule has 0 radical (unpaired) electrons. The molecule has 226 valence electrons. The quantitative estimate of drug-likeness (QED) is 0.187. The fraction of sp³-hybridized carbons (Fsp3) is 0.343. The van der Waals surface area contributed by atoms with Crippen molar-refractivity contribution in [3.63, 3.8) is 0 Å². The number of thioether (sulfide) groups is 1. The summed E-state index contributed by atoms with van der Waals surface area (Å²) in [5.41, 5.74) is 6.87. The fourth-order valence-corrected chi connectivity index (χ4v) is 6.59. The zero-order valence-electron chi connectivity index (χ0n) is 25.6. The van der Waals surface area contributed by atoms with E-state index in [9.17, 15) is 9.59 Å². The number of carbonyl (C=O) groups is 2. The summed E-state index contributed by atoms with van der Waals surface area (Å²) >= 11 is 1.31.